The lowest BCUT2D eigenvalue weighted by atomic mass is 10.3. The number of hydrogen-bond donors (Lipinski definition) is 1. The van der Waals surface area contributed by atoms with Crippen LogP contribution >= 0.6 is 11.8 Å². The van der Waals surface area contributed by atoms with Gasteiger partial charge in [0.2, 0.25) is 5.91 Å². The first-order chi connectivity index (χ1) is 7.61. The summed E-state index contributed by atoms with van der Waals surface area (Å²) < 4.78 is 28.7. The van der Waals surface area contributed by atoms with Crippen molar-refractivity contribution in [3.8, 4) is 0 Å². The summed E-state index contributed by atoms with van der Waals surface area (Å²) in [6.07, 6.45) is 0. The first-order valence-corrected chi connectivity index (χ1v) is 5.33. The molecule has 0 saturated heterocycles. The minimum atomic E-state index is -2.44. The van der Waals surface area contributed by atoms with Crippen LogP contribution in [0.3, 0.4) is 0 Å². The molecule has 0 aliphatic rings. The van der Waals surface area contributed by atoms with E-state index >= 15 is 0 Å². The van der Waals surface area contributed by atoms with E-state index in [9.17, 15) is 13.6 Å². The Morgan fingerprint density at radius 1 is 1.44 bits per heavy atom. The van der Waals surface area contributed by atoms with Gasteiger partial charge in [0.1, 0.15) is 6.61 Å². The molecule has 0 spiro atoms. The Morgan fingerprint density at radius 2 is 2.06 bits per heavy atom. The van der Waals surface area contributed by atoms with E-state index in [0.717, 1.165) is 0 Å². The molecular formula is C10H11F2NO2S. The topological polar surface area (TPSA) is 38.3 Å². The van der Waals surface area contributed by atoms with Gasteiger partial charge in [-0.25, -0.2) is 0 Å². The van der Waals surface area contributed by atoms with Gasteiger partial charge < -0.3 is 10.1 Å². The molecule has 0 atom stereocenters. The van der Waals surface area contributed by atoms with Crippen LogP contribution in [0.5, 0.6) is 0 Å². The molecule has 1 N–H and O–H groups in total. The van der Waals surface area contributed by atoms with Gasteiger partial charge in [-0.1, -0.05) is 11.8 Å². The average Bonchev–Trinajstić information content (AvgIpc) is 2.20. The minimum Gasteiger partial charge on any atom is -0.375 e. The molecule has 0 heterocycles. The van der Waals surface area contributed by atoms with Gasteiger partial charge in [0, 0.05) is 17.7 Å². The number of rotatable bonds is 5. The van der Waals surface area contributed by atoms with E-state index in [1.807, 2.05) is 0 Å². The van der Waals surface area contributed by atoms with Crippen molar-refractivity contribution in [3.05, 3.63) is 24.3 Å². The third-order valence-electron chi connectivity index (χ3n) is 1.64. The molecule has 0 aliphatic heterocycles. The molecule has 0 aromatic heterocycles. The fourth-order valence-electron chi connectivity index (χ4n) is 1.05. The largest absolute Gasteiger partial charge is 0.375 e. The summed E-state index contributed by atoms with van der Waals surface area (Å²) in [6.45, 7) is -0.0342. The molecule has 16 heavy (non-hydrogen) atoms. The third-order valence-corrected chi connectivity index (χ3v) is 2.36. The van der Waals surface area contributed by atoms with Crippen LogP contribution in [-0.2, 0) is 9.53 Å². The molecule has 0 fully saturated rings. The zero-order valence-electron chi connectivity index (χ0n) is 8.57. The Morgan fingerprint density at radius 3 is 2.56 bits per heavy atom. The molecule has 0 radical (unpaired) electrons. The molecule has 1 aromatic carbocycles. The van der Waals surface area contributed by atoms with Crippen molar-refractivity contribution in [2.24, 2.45) is 0 Å². The van der Waals surface area contributed by atoms with E-state index in [2.05, 4.69) is 10.1 Å². The number of ether oxygens (including phenoxy) is 1. The monoisotopic (exact) mass is 247 g/mol. The molecule has 0 aliphatic carbocycles. The van der Waals surface area contributed by atoms with Gasteiger partial charge in [0.15, 0.2) is 0 Å². The SMILES string of the molecule is COCC(=O)Nc1ccc(SC(F)F)cc1. The summed E-state index contributed by atoms with van der Waals surface area (Å²) in [7, 11) is 1.42. The Hall–Kier alpha value is -1.14. The lowest BCUT2D eigenvalue weighted by Crippen LogP contribution is -2.16. The predicted octanol–water partition coefficient (Wildman–Crippen LogP) is 2.59. The van der Waals surface area contributed by atoms with Gasteiger partial charge in [-0.05, 0) is 24.3 Å². The number of benzene rings is 1. The number of nitrogens with one attached hydrogen (secondary N) is 1. The lowest BCUT2D eigenvalue weighted by molar-refractivity contribution is -0.119. The molecule has 0 saturated carbocycles. The van der Waals surface area contributed by atoms with Crippen LogP contribution in [0.1, 0.15) is 0 Å². The Labute approximate surface area is 96.2 Å². The number of carbonyl (C=O) groups excluding carboxylic acids is 1. The maximum atomic E-state index is 12.0. The van der Waals surface area contributed by atoms with Crippen LogP contribution in [0, 0.1) is 0 Å². The number of methoxy groups -OCH3 is 1. The number of thioether (sulfide) groups is 1. The Kier molecular flexibility index (Phi) is 5.21. The second kappa shape index (κ2) is 6.44. The van der Waals surface area contributed by atoms with Crippen LogP contribution in [0.4, 0.5) is 14.5 Å². The highest BCUT2D eigenvalue weighted by molar-refractivity contribution is 7.99. The van der Waals surface area contributed by atoms with Crippen molar-refractivity contribution in [1.29, 1.82) is 0 Å². The number of halogens is 2. The first-order valence-electron chi connectivity index (χ1n) is 4.45. The number of anilines is 1. The normalized spacial score (nSPS) is 10.5. The van der Waals surface area contributed by atoms with Gasteiger partial charge in [0.05, 0.1) is 0 Å². The van der Waals surface area contributed by atoms with Gasteiger partial charge in [-0.3, -0.25) is 4.79 Å². The van der Waals surface area contributed by atoms with E-state index < -0.39 is 5.76 Å². The van der Waals surface area contributed by atoms with Crippen molar-refractivity contribution in [2.75, 3.05) is 19.0 Å². The van der Waals surface area contributed by atoms with E-state index in [1.54, 1.807) is 12.1 Å². The van der Waals surface area contributed by atoms with Gasteiger partial charge in [-0.15, -0.1) is 0 Å². The second-order valence-electron chi connectivity index (χ2n) is 2.88. The highest BCUT2D eigenvalue weighted by Crippen LogP contribution is 2.26. The molecule has 3 nitrogen and oxygen atoms in total. The Balaban J connectivity index is 2.54. The number of hydrogen-bond acceptors (Lipinski definition) is 3. The van der Waals surface area contributed by atoms with Gasteiger partial charge >= 0.3 is 0 Å². The van der Waals surface area contributed by atoms with E-state index in [0.29, 0.717) is 22.3 Å². The smallest absolute Gasteiger partial charge is 0.288 e. The fraction of sp³-hybridized carbons (Fsp3) is 0.300. The summed E-state index contributed by atoms with van der Waals surface area (Å²) in [5, 5.41) is 2.56. The van der Waals surface area contributed by atoms with Crippen molar-refractivity contribution < 1.29 is 18.3 Å². The van der Waals surface area contributed by atoms with E-state index in [1.165, 1.54) is 19.2 Å². The molecule has 1 rings (SSSR count). The molecule has 1 aromatic rings. The van der Waals surface area contributed by atoms with Crippen LogP contribution in [0.25, 0.3) is 0 Å². The van der Waals surface area contributed by atoms with Crippen LogP contribution in [0.15, 0.2) is 29.2 Å². The first kappa shape index (κ1) is 12.9. The van der Waals surface area contributed by atoms with Crippen LogP contribution in [0.2, 0.25) is 0 Å². The molecule has 6 heteroatoms. The summed E-state index contributed by atoms with van der Waals surface area (Å²) >= 11 is 0.466. The summed E-state index contributed by atoms with van der Waals surface area (Å²) in [5.74, 6) is -2.72. The van der Waals surface area contributed by atoms with Crippen molar-refractivity contribution in [2.45, 2.75) is 10.7 Å². The predicted molar refractivity (Wildman–Crippen MR) is 58.8 cm³/mol. The highest BCUT2D eigenvalue weighted by atomic mass is 32.2. The fourth-order valence-corrected chi connectivity index (χ4v) is 1.55. The third kappa shape index (κ3) is 4.59. The lowest BCUT2D eigenvalue weighted by Gasteiger charge is -2.05. The summed E-state index contributed by atoms with van der Waals surface area (Å²) in [6, 6.07) is 6.19. The maximum Gasteiger partial charge on any atom is 0.288 e. The molecule has 0 unspecified atom stereocenters. The second-order valence-corrected chi connectivity index (χ2v) is 3.95. The minimum absolute atomic E-state index is 0.0342. The van der Waals surface area contributed by atoms with Crippen LogP contribution < -0.4 is 5.32 Å². The zero-order valence-corrected chi connectivity index (χ0v) is 9.39. The summed E-state index contributed by atoms with van der Waals surface area (Å²) in [5.41, 5.74) is 0.556. The average molecular weight is 247 g/mol. The quantitative estimate of drug-likeness (QED) is 0.813. The van der Waals surface area contributed by atoms with Crippen molar-refractivity contribution in [1.82, 2.24) is 0 Å². The van der Waals surface area contributed by atoms with Crippen molar-refractivity contribution in [3.63, 3.8) is 0 Å². The number of carbonyl (C=O) groups is 1. The molecular weight excluding hydrogens is 236 g/mol. The highest BCUT2D eigenvalue weighted by Gasteiger charge is 2.05. The Bertz CT molecular complexity index is 343. The van der Waals surface area contributed by atoms with Gasteiger partial charge in [-0.2, -0.15) is 8.78 Å². The van der Waals surface area contributed by atoms with Crippen LogP contribution in [-0.4, -0.2) is 25.4 Å². The van der Waals surface area contributed by atoms with E-state index in [4.69, 9.17) is 0 Å². The number of amides is 1. The zero-order chi connectivity index (χ0) is 12.0. The van der Waals surface area contributed by atoms with E-state index in [-0.39, 0.29) is 12.5 Å². The maximum absolute atomic E-state index is 12.0. The summed E-state index contributed by atoms with van der Waals surface area (Å²) in [4.78, 5) is 11.6. The number of alkyl halides is 2. The van der Waals surface area contributed by atoms with Crippen molar-refractivity contribution >= 4 is 23.4 Å². The van der Waals surface area contributed by atoms with Gasteiger partial charge in [0.25, 0.3) is 5.76 Å². The molecule has 0 bridgehead atoms. The molecule has 88 valence electrons. The standard InChI is InChI=1S/C10H11F2NO2S/c1-15-6-9(14)13-7-2-4-8(5-3-7)16-10(11)12/h2-5,10H,6H2,1H3,(H,13,14). The molecule has 1 amide bonds.